The molecule has 4 rings (SSSR count). The van der Waals surface area contributed by atoms with Gasteiger partial charge in [-0.2, -0.15) is 0 Å². The highest BCUT2D eigenvalue weighted by Crippen LogP contribution is 2.26. The Balaban J connectivity index is 1.29. The van der Waals surface area contributed by atoms with Crippen LogP contribution in [0, 0.1) is 0 Å². The molecule has 1 aromatic carbocycles. The Labute approximate surface area is 175 Å². The number of hydrogen-bond acceptors (Lipinski definition) is 5. The molecule has 1 aromatic heterocycles. The van der Waals surface area contributed by atoms with Crippen molar-refractivity contribution in [3.05, 3.63) is 54.2 Å². The average Bonchev–Trinajstić information content (AvgIpc) is 3.58. The van der Waals surface area contributed by atoms with Gasteiger partial charge in [-0.1, -0.05) is 17.8 Å². The van der Waals surface area contributed by atoms with E-state index in [0.717, 1.165) is 35.9 Å². The Morgan fingerprint density at radius 2 is 1.79 bits per heavy atom. The summed E-state index contributed by atoms with van der Waals surface area (Å²) in [6.07, 6.45) is 3.97. The van der Waals surface area contributed by atoms with Crippen LogP contribution in [-0.2, 0) is 4.79 Å². The van der Waals surface area contributed by atoms with Crippen molar-refractivity contribution >= 4 is 23.6 Å². The van der Waals surface area contributed by atoms with E-state index in [1.165, 1.54) is 0 Å². The Morgan fingerprint density at radius 1 is 1.07 bits per heavy atom. The second kappa shape index (κ2) is 8.97. The number of amides is 2. The second-order valence-corrected chi connectivity index (χ2v) is 8.68. The number of piperazine rings is 1. The maximum absolute atomic E-state index is 12.8. The van der Waals surface area contributed by atoms with Gasteiger partial charge in [0.1, 0.15) is 5.03 Å². The van der Waals surface area contributed by atoms with Crippen molar-refractivity contribution in [3.63, 3.8) is 0 Å². The molecule has 2 amide bonds. The van der Waals surface area contributed by atoms with Crippen molar-refractivity contribution in [2.45, 2.75) is 41.8 Å². The molecular weight excluding hydrogens is 384 g/mol. The molecule has 0 radical (unpaired) electrons. The molecule has 6 nitrogen and oxygen atoms in total. The van der Waals surface area contributed by atoms with Crippen LogP contribution in [0.5, 0.6) is 0 Å². The van der Waals surface area contributed by atoms with Crippen LogP contribution in [0.25, 0.3) is 0 Å². The molecule has 1 N–H and O–H groups in total. The molecule has 1 unspecified atom stereocenters. The zero-order chi connectivity index (χ0) is 20.2. The molecular formula is C22H26N4O2S. The Bertz CT molecular complexity index is 847. The zero-order valence-electron chi connectivity index (χ0n) is 16.6. The first kappa shape index (κ1) is 19.9. The van der Waals surface area contributed by atoms with Crippen LogP contribution in [0.4, 0.5) is 0 Å². The third-order valence-corrected chi connectivity index (χ3v) is 6.37. The highest BCUT2D eigenvalue weighted by molar-refractivity contribution is 7.99. The van der Waals surface area contributed by atoms with Gasteiger partial charge in [-0.25, -0.2) is 4.98 Å². The quantitative estimate of drug-likeness (QED) is 0.793. The molecule has 2 aliphatic rings. The van der Waals surface area contributed by atoms with Crippen molar-refractivity contribution in [3.8, 4) is 0 Å². The van der Waals surface area contributed by atoms with Crippen molar-refractivity contribution in [2.24, 2.45) is 0 Å². The molecule has 1 aliphatic carbocycles. The first-order valence-corrected chi connectivity index (χ1v) is 10.9. The summed E-state index contributed by atoms with van der Waals surface area (Å²) in [5.74, 6) is 0.155. The SMILES string of the molecule is CC(C(=O)NC1CC1)N1CCN(C(=O)c2ccc(Sc3ccccn3)cc2)CC1. The van der Waals surface area contributed by atoms with E-state index < -0.39 is 0 Å². The minimum atomic E-state index is -0.143. The monoisotopic (exact) mass is 410 g/mol. The van der Waals surface area contributed by atoms with Crippen LogP contribution < -0.4 is 5.32 Å². The van der Waals surface area contributed by atoms with Crippen LogP contribution >= 0.6 is 11.8 Å². The van der Waals surface area contributed by atoms with E-state index in [-0.39, 0.29) is 17.9 Å². The number of nitrogens with one attached hydrogen (secondary N) is 1. The molecule has 1 aliphatic heterocycles. The maximum atomic E-state index is 12.8. The van der Waals surface area contributed by atoms with E-state index in [4.69, 9.17) is 0 Å². The predicted octanol–water partition coefficient (Wildman–Crippen LogP) is 2.66. The van der Waals surface area contributed by atoms with Gasteiger partial charge in [-0.05, 0) is 56.2 Å². The van der Waals surface area contributed by atoms with Gasteiger partial charge in [0, 0.05) is 48.9 Å². The van der Waals surface area contributed by atoms with Crippen LogP contribution in [0.3, 0.4) is 0 Å². The number of carbonyl (C=O) groups is 2. The van der Waals surface area contributed by atoms with Gasteiger partial charge in [-0.15, -0.1) is 0 Å². The van der Waals surface area contributed by atoms with E-state index in [1.54, 1.807) is 18.0 Å². The largest absolute Gasteiger partial charge is 0.352 e. The first-order valence-electron chi connectivity index (χ1n) is 10.1. The predicted molar refractivity (Wildman–Crippen MR) is 113 cm³/mol. The summed E-state index contributed by atoms with van der Waals surface area (Å²) < 4.78 is 0. The minimum absolute atomic E-state index is 0.0501. The van der Waals surface area contributed by atoms with Crippen molar-refractivity contribution in [1.82, 2.24) is 20.1 Å². The molecule has 2 aromatic rings. The van der Waals surface area contributed by atoms with Gasteiger partial charge in [-0.3, -0.25) is 14.5 Å². The number of hydrogen-bond donors (Lipinski definition) is 1. The highest BCUT2D eigenvalue weighted by Gasteiger charge is 2.31. The summed E-state index contributed by atoms with van der Waals surface area (Å²) >= 11 is 1.58. The Kier molecular flexibility index (Phi) is 6.16. The van der Waals surface area contributed by atoms with Gasteiger partial charge in [0.05, 0.1) is 6.04 Å². The van der Waals surface area contributed by atoms with E-state index in [9.17, 15) is 9.59 Å². The van der Waals surface area contributed by atoms with Crippen molar-refractivity contribution < 1.29 is 9.59 Å². The zero-order valence-corrected chi connectivity index (χ0v) is 17.4. The Hall–Kier alpha value is -2.38. The fourth-order valence-corrected chi connectivity index (χ4v) is 4.18. The number of benzene rings is 1. The van der Waals surface area contributed by atoms with Gasteiger partial charge in [0.2, 0.25) is 5.91 Å². The molecule has 7 heteroatoms. The summed E-state index contributed by atoms with van der Waals surface area (Å²) in [6, 6.07) is 13.8. The lowest BCUT2D eigenvalue weighted by molar-refractivity contribution is -0.126. The lowest BCUT2D eigenvalue weighted by Crippen LogP contribution is -2.55. The second-order valence-electron chi connectivity index (χ2n) is 7.58. The molecule has 0 spiro atoms. The summed E-state index contributed by atoms with van der Waals surface area (Å²) in [5.41, 5.74) is 0.698. The van der Waals surface area contributed by atoms with Crippen molar-refractivity contribution in [2.75, 3.05) is 26.2 Å². The fourth-order valence-electron chi connectivity index (χ4n) is 3.40. The molecule has 1 saturated heterocycles. The molecule has 29 heavy (non-hydrogen) atoms. The third kappa shape index (κ3) is 5.16. The van der Waals surface area contributed by atoms with Gasteiger partial charge >= 0.3 is 0 Å². The molecule has 152 valence electrons. The highest BCUT2D eigenvalue weighted by atomic mass is 32.2. The van der Waals surface area contributed by atoms with E-state index >= 15 is 0 Å². The first-order chi connectivity index (χ1) is 14.1. The summed E-state index contributed by atoms with van der Waals surface area (Å²) in [4.78, 5) is 34.5. The maximum Gasteiger partial charge on any atom is 0.253 e. The van der Waals surface area contributed by atoms with Crippen LogP contribution in [0.2, 0.25) is 0 Å². The lowest BCUT2D eigenvalue weighted by atomic mass is 10.1. The molecule has 2 heterocycles. The van der Waals surface area contributed by atoms with Gasteiger partial charge < -0.3 is 10.2 Å². The molecule has 1 saturated carbocycles. The summed E-state index contributed by atoms with van der Waals surface area (Å²) in [6.45, 7) is 4.68. The van der Waals surface area contributed by atoms with Crippen LogP contribution in [0.1, 0.15) is 30.1 Å². The van der Waals surface area contributed by atoms with Gasteiger partial charge in [0.15, 0.2) is 0 Å². The smallest absolute Gasteiger partial charge is 0.253 e. The van der Waals surface area contributed by atoms with E-state index in [1.807, 2.05) is 54.3 Å². The number of nitrogens with zero attached hydrogens (tertiary/aromatic N) is 3. The van der Waals surface area contributed by atoms with Crippen LogP contribution in [-0.4, -0.2) is 64.9 Å². The standard InChI is InChI=1S/C22H26N4O2S/c1-16(21(27)24-18-7-8-18)25-12-14-26(15-13-25)22(28)17-5-9-19(10-6-17)29-20-4-2-3-11-23-20/h2-6,9-11,16,18H,7-8,12-15H2,1H3,(H,24,27). The third-order valence-electron chi connectivity index (χ3n) is 5.41. The van der Waals surface area contributed by atoms with E-state index in [2.05, 4.69) is 15.2 Å². The molecule has 0 bridgehead atoms. The van der Waals surface area contributed by atoms with Gasteiger partial charge in [0.25, 0.3) is 5.91 Å². The minimum Gasteiger partial charge on any atom is -0.352 e. The van der Waals surface area contributed by atoms with Crippen LogP contribution in [0.15, 0.2) is 58.6 Å². The molecule has 2 fully saturated rings. The average molecular weight is 411 g/mol. The lowest BCUT2D eigenvalue weighted by Gasteiger charge is -2.37. The fraction of sp³-hybridized carbons (Fsp3) is 0.409. The van der Waals surface area contributed by atoms with Crippen molar-refractivity contribution in [1.29, 1.82) is 0 Å². The summed E-state index contributed by atoms with van der Waals surface area (Å²) in [5, 5.41) is 4.00. The van der Waals surface area contributed by atoms with E-state index in [0.29, 0.717) is 24.7 Å². The normalized spacial score (nSPS) is 18.3. The number of pyridine rings is 1. The molecule has 1 atom stereocenters. The number of aromatic nitrogens is 1. The Morgan fingerprint density at radius 3 is 2.41 bits per heavy atom. The number of carbonyl (C=O) groups excluding carboxylic acids is 2. The number of rotatable bonds is 6. The summed E-state index contributed by atoms with van der Waals surface area (Å²) in [7, 11) is 0. The topological polar surface area (TPSA) is 65.5 Å².